The number of imidazole rings is 1. The van der Waals surface area contributed by atoms with Gasteiger partial charge in [-0.25, -0.2) is 4.98 Å². The number of hydrogen-bond acceptors (Lipinski definition) is 2. The van der Waals surface area contributed by atoms with Gasteiger partial charge >= 0.3 is 0 Å². The molecule has 3 heteroatoms. The predicted octanol–water partition coefficient (Wildman–Crippen LogP) is 3.89. The lowest BCUT2D eigenvalue weighted by Gasteiger charge is -2.00. The maximum atomic E-state index is 5.27. The quantitative estimate of drug-likeness (QED) is 0.776. The van der Waals surface area contributed by atoms with Crippen LogP contribution in [0.1, 0.15) is 5.69 Å². The first kappa shape index (κ1) is 12.6. The van der Waals surface area contributed by atoms with Crippen molar-refractivity contribution in [3.05, 3.63) is 66.4 Å². The fraction of sp³-hybridized carbons (Fsp3) is 0.118. The minimum atomic E-state index is 0.518. The van der Waals surface area contributed by atoms with Crippen LogP contribution in [0.15, 0.2) is 60.7 Å². The summed E-state index contributed by atoms with van der Waals surface area (Å²) in [6, 6.07) is 20.3. The third-order valence-electron chi connectivity index (χ3n) is 3.16. The van der Waals surface area contributed by atoms with Gasteiger partial charge < -0.3 is 9.72 Å². The molecule has 0 aliphatic heterocycles. The van der Waals surface area contributed by atoms with E-state index in [-0.39, 0.29) is 0 Å². The first-order valence-corrected chi connectivity index (χ1v) is 6.57. The van der Waals surface area contributed by atoms with Crippen LogP contribution in [-0.2, 0) is 11.3 Å². The lowest BCUT2D eigenvalue weighted by molar-refractivity contribution is 0.182. The van der Waals surface area contributed by atoms with Crippen LogP contribution in [0, 0.1) is 0 Å². The Morgan fingerprint density at radius 3 is 2.10 bits per heavy atom. The largest absolute Gasteiger partial charge is 0.378 e. The van der Waals surface area contributed by atoms with Gasteiger partial charge in [-0.15, -0.1) is 0 Å². The molecule has 0 saturated carbocycles. The van der Waals surface area contributed by atoms with Crippen LogP contribution < -0.4 is 0 Å². The van der Waals surface area contributed by atoms with E-state index in [1.54, 1.807) is 7.11 Å². The Morgan fingerprint density at radius 1 is 0.900 bits per heavy atom. The summed E-state index contributed by atoms with van der Waals surface area (Å²) in [5.74, 6) is 0.872. The number of hydrogen-bond donors (Lipinski definition) is 1. The summed E-state index contributed by atoms with van der Waals surface area (Å²) in [5, 5.41) is 0. The molecule has 0 aliphatic carbocycles. The van der Waals surface area contributed by atoms with Gasteiger partial charge in [-0.1, -0.05) is 60.7 Å². The minimum Gasteiger partial charge on any atom is -0.378 e. The number of aromatic nitrogens is 2. The van der Waals surface area contributed by atoms with Gasteiger partial charge in [0.15, 0.2) is 0 Å². The van der Waals surface area contributed by atoms with E-state index < -0.39 is 0 Å². The molecular formula is C17H16N2O. The van der Waals surface area contributed by atoms with Gasteiger partial charge in [0.25, 0.3) is 0 Å². The first-order valence-electron chi connectivity index (χ1n) is 6.57. The second-order valence-electron chi connectivity index (χ2n) is 4.58. The maximum absolute atomic E-state index is 5.27. The zero-order valence-corrected chi connectivity index (χ0v) is 11.3. The number of benzene rings is 2. The molecule has 1 heterocycles. The smallest absolute Gasteiger partial charge is 0.138 e. The van der Waals surface area contributed by atoms with Gasteiger partial charge in [0, 0.05) is 18.2 Å². The molecule has 3 nitrogen and oxygen atoms in total. The summed E-state index contributed by atoms with van der Waals surface area (Å²) in [5.41, 5.74) is 4.12. The second kappa shape index (κ2) is 5.72. The standard InChI is InChI=1S/C17H16N2O/c1-20-12-15-16(13-8-4-2-5-9-13)19-17(18-15)14-10-6-3-7-11-14/h2-11H,12H2,1H3,(H,18,19). The highest BCUT2D eigenvalue weighted by atomic mass is 16.5. The Morgan fingerprint density at radius 2 is 1.50 bits per heavy atom. The summed E-state index contributed by atoms with van der Waals surface area (Å²) in [4.78, 5) is 8.10. The number of rotatable bonds is 4. The van der Waals surface area contributed by atoms with Crippen LogP contribution in [0.25, 0.3) is 22.6 Å². The number of nitrogens with one attached hydrogen (secondary N) is 1. The van der Waals surface area contributed by atoms with Gasteiger partial charge in [-0.3, -0.25) is 0 Å². The number of methoxy groups -OCH3 is 1. The Balaban J connectivity index is 2.08. The van der Waals surface area contributed by atoms with Gasteiger partial charge in [0.1, 0.15) is 5.82 Å². The predicted molar refractivity (Wildman–Crippen MR) is 80.2 cm³/mol. The molecule has 20 heavy (non-hydrogen) atoms. The molecule has 1 aromatic heterocycles. The molecule has 0 amide bonds. The van der Waals surface area contributed by atoms with Crippen LogP contribution >= 0.6 is 0 Å². The monoisotopic (exact) mass is 264 g/mol. The molecule has 1 N–H and O–H groups in total. The van der Waals surface area contributed by atoms with Gasteiger partial charge in [0.2, 0.25) is 0 Å². The first-order chi connectivity index (χ1) is 9.88. The Kier molecular flexibility index (Phi) is 3.61. The molecule has 3 aromatic rings. The van der Waals surface area contributed by atoms with Crippen LogP contribution in [-0.4, -0.2) is 17.1 Å². The zero-order valence-electron chi connectivity index (χ0n) is 11.3. The molecule has 0 saturated heterocycles. The average molecular weight is 264 g/mol. The van der Waals surface area contributed by atoms with E-state index in [1.807, 2.05) is 48.5 Å². The summed E-state index contributed by atoms with van der Waals surface area (Å²) >= 11 is 0. The highest BCUT2D eigenvalue weighted by molar-refractivity contribution is 5.67. The fourth-order valence-electron chi connectivity index (χ4n) is 2.23. The van der Waals surface area contributed by atoms with Crippen LogP contribution in [0.2, 0.25) is 0 Å². The summed E-state index contributed by atoms with van der Waals surface area (Å²) < 4.78 is 5.27. The summed E-state index contributed by atoms with van der Waals surface area (Å²) in [6.45, 7) is 0.518. The van der Waals surface area contributed by atoms with E-state index in [4.69, 9.17) is 9.72 Å². The molecule has 0 unspecified atom stereocenters. The van der Waals surface area contributed by atoms with Crippen molar-refractivity contribution in [2.75, 3.05) is 7.11 Å². The molecule has 0 atom stereocenters. The zero-order chi connectivity index (χ0) is 13.8. The molecule has 0 bridgehead atoms. The molecule has 3 rings (SSSR count). The average Bonchev–Trinajstić information content (AvgIpc) is 2.94. The van der Waals surface area contributed by atoms with Crippen LogP contribution in [0.4, 0.5) is 0 Å². The lowest BCUT2D eigenvalue weighted by Crippen LogP contribution is -1.91. The summed E-state index contributed by atoms with van der Waals surface area (Å²) in [7, 11) is 1.69. The minimum absolute atomic E-state index is 0.518. The normalized spacial score (nSPS) is 10.7. The third kappa shape index (κ3) is 2.49. The number of nitrogens with zero attached hydrogens (tertiary/aromatic N) is 1. The highest BCUT2D eigenvalue weighted by Crippen LogP contribution is 2.26. The topological polar surface area (TPSA) is 37.9 Å². The lowest BCUT2D eigenvalue weighted by atomic mass is 10.1. The number of aromatic amines is 1. The van der Waals surface area contributed by atoms with Gasteiger partial charge in [-0.05, 0) is 0 Å². The van der Waals surface area contributed by atoms with E-state index in [2.05, 4.69) is 17.1 Å². The summed E-state index contributed by atoms with van der Waals surface area (Å²) in [6.07, 6.45) is 0. The second-order valence-corrected chi connectivity index (χ2v) is 4.58. The van der Waals surface area contributed by atoms with Crippen molar-refractivity contribution in [3.8, 4) is 22.6 Å². The molecule has 0 fully saturated rings. The van der Waals surface area contributed by atoms with E-state index in [9.17, 15) is 0 Å². The van der Waals surface area contributed by atoms with E-state index in [1.165, 1.54) is 0 Å². The molecule has 2 aromatic carbocycles. The highest BCUT2D eigenvalue weighted by Gasteiger charge is 2.12. The Labute approximate surface area is 118 Å². The van der Waals surface area contributed by atoms with Crippen molar-refractivity contribution in [3.63, 3.8) is 0 Å². The molecule has 0 spiro atoms. The van der Waals surface area contributed by atoms with Crippen molar-refractivity contribution in [1.82, 2.24) is 9.97 Å². The van der Waals surface area contributed by atoms with Crippen LogP contribution in [0.3, 0.4) is 0 Å². The Bertz CT molecular complexity index is 675. The van der Waals surface area contributed by atoms with Crippen molar-refractivity contribution in [2.24, 2.45) is 0 Å². The SMILES string of the molecule is COCc1[nH]c(-c2ccccc2)nc1-c1ccccc1. The molecule has 0 aliphatic rings. The van der Waals surface area contributed by atoms with E-state index in [0.717, 1.165) is 28.3 Å². The van der Waals surface area contributed by atoms with Crippen molar-refractivity contribution >= 4 is 0 Å². The fourth-order valence-corrected chi connectivity index (χ4v) is 2.23. The van der Waals surface area contributed by atoms with Crippen LogP contribution in [0.5, 0.6) is 0 Å². The molecule has 0 radical (unpaired) electrons. The number of H-pyrrole nitrogens is 1. The third-order valence-corrected chi connectivity index (χ3v) is 3.16. The van der Waals surface area contributed by atoms with Crippen molar-refractivity contribution in [1.29, 1.82) is 0 Å². The van der Waals surface area contributed by atoms with E-state index in [0.29, 0.717) is 6.61 Å². The van der Waals surface area contributed by atoms with Gasteiger partial charge in [0.05, 0.1) is 18.0 Å². The maximum Gasteiger partial charge on any atom is 0.138 e. The van der Waals surface area contributed by atoms with Crippen molar-refractivity contribution in [2.45, 2.75) is 6.61 Å². The molecule has 100 valence electrons. The van der Waals surface area contributed by atoms with Gasteiger partial charge in [-0.2, -0.15) is 0 Å². The molecular weight excluding hydrogens is 248 g/mol. The van der Waals surface area contributed by atoms with E-state index >= 15 is 0 Å². The number of ether oxygens (including phenoxy) is 1. The van der Waals surface area contributed by atoms with Crippen molar-refractivity contribution < 1.29 is 4.74 Å². The Hall–Kier alpha value is -2.39.